The van der Waals surface area contributed by atoms with Gasteiger partial charge in [0.25, 0.3) is 0 Å². The van der Waals surface area contributed by atoms with Crippen LogP contribution in [0.3, 0.4) is 0 Å². The lowest BCUT2D eigenvalue weighted by Gasteiger charge is -2.45. The summed E-state index contributed by atoms with van der Waals surface area (Å²) in [5.41, 5.74) is 0.330. The lowest BCUT2D eigenvalue weighted by Crippen LogP contribution is -2.55. The van der Waals surface area contributed by atoms with E-state index in [1.54, 1.807) is 0 Å². The fraction of sp³-hybridized carbons (Fsp3) is 0.909. The first-order valence-electron chi connectivity index (χ1n) is 5.88. The first-order valence-corrected chi connectivity index (χ1v) is 6.82. The molecular weight excluding hydrogens is 210 g/mol. The molecule has 2 fully saturated rings. The number of β-lactam (4-membered cyclic amide) rings is 1. The topological polar surface area (TPSA) is 29.5 Å². The van der Waals surface area contributed by atoms with Crippen LogP contribution in [0.4, 0.5) is 0 Å². The zero-order chi connectivity index (χ0) is 10.7. The summed E-state index contributed by atoms with van der Waals surface area (Å²) in [5, 5.41) is 0.419. The standard InChI is InChI=1S/C11H19NO2S/c1-2-3-4-7-14-11-5-6-12-9(13)8-10(12)15-11/h10-11H,2-8H2,1H3/t10-,11?/m1/s1. The predicted octanol–water partition coefficient (Wildman–Crippen LogP) is 2.21. The van der Waals surface area contributed by atoms with E-state index in [4.69, 9.17) is 4.74 Å². The maximum absolute atomic E-state index is 11.1. The molecule has 1 unspecified atom stereocenters. The van der Waals surface area contributed by atoms with E-state index in [9.17, 15) is 4.79 Å². The number of carbonyl (C=O) groups is 1. The summed E-state index contributed by atoms with van der Waals surface area (Å²) in [4.78, 5) is 13.1. The van der Waals surface area contributed by atoms with Crippen molar-refractivity contribution in [3.8, 4) is 0 Å². The minimum atomic E-state index is 0.317. The molecule has 2 heterocycles. The van der Waals surface area contributed by atoms with Crippen molar-refractivity contribution in [1.29, 1.82) is 0 Å². The molecule has 2 rings (SSSR count). The van der Waals surface area contributed by atoms with Crippen LogP contribution in [0.1, 0.15) is 39.0 Å². The Kier molecular flexibility index (Phi) is 3.92. The normalized spacial score (nSPS) is 29.9. The fourth-order valence-corrected chi connectivity index (χ4v) is 3.37. The first kappa shape index (κ1) is 11.3. The van der Waals surface area contributed by atoms with Crippen molar-refractivity contribution >= 4 is 17.7 Å². The van der Waals surface area contributed by atoms with Gasteiger partial charge in [-0.05, 0) is 6.42 Å². The van der Waals surface area contributed by atoms with Crippen molar-refractivity contribution in [2.75, 3.05) is 13.2 Å². The van der Waals surface area contributed by atoms with E-state index in [-0.39, 0.29) is 0 Å². The summed E-state index contributed by atoms with van der Waals surface area (Å²) in [5.74, 6) is 0.317. The maximum Gasteiger partial charge on any atom is 0.226 e. The minimum absolute atomic E-state index is 0.317. The Hall–Kier alpha value is -0.220. The Bertz CT molecular complexity index is 235. The lowest BCUT2D eigenvalue weighted by atomic mass is 10.2. The van der Waals surface area contributed by atoms with Crippen molar-refractivity contribution in [2.45, 2.75) is 49.8 Å². The van der Waals surface area contributed by atoms with Crippen LogP contribution in [0.15, 0.2) is 0 Å². The predicted molar refractivity (Wildman–Crippen MR) is 61.6 cm³/mol. The molecule has 0 saturated carbocycles. The average Bonchev–Trinajstić information content (AvgIpc) is 2.23. The average molecular weight is 229 g/mol. The van der Waals surface area contributed by atoms with Crippen molar-refractivity contribution < 1.29 is 9.53 Å². The fourth-order valence-electron chi connectivity index (χ4n) is 1.99. The van der Waals surface area contributed by atoms with Crippen LogP contribution in [-0.4, -0.2) is 34.8 Å². The number of carbonyl (C=O) groups excluding carboxylic acids is 1. The van der Waals surface area contributed by atoms with Gasteiger partial charge < -0.3 is 9.64 Å². The highest BCUT2D eigenvalue weighted by Gasteiger charge is 2.41. The highest BCUT2D eigenvalue weighted by atomic mass is 32.2. The smallest absolute Gasteiger partial charge is 0.226 e. The third kappa shape index (κ3) is 2.67. The second-order valence-corrected chi connectivity index (χ2v) is 5.52. The van der Waals surface area contributed by atoms with E-state index in [1.165, 1.54) is 19.3 Å². The summed E-state index contributed by atoms with van der Waals surface area (Å²) in [6.07, 6.45) is 5.39. The summed E-state index contributed by atoms with van der Waals surface area (Å²) >= 11 is 1.83. The number of rotatable bonds is 5. The largest absolute Gasteiger partial charge is 0.367 e. The molecule has 0 radical (unpaired) electrons. The SMILES string of the molecule is CCCCCOC1CCN2C(=O)C[C@H]2S1. The molecule has 3 nitrogen and oxygen atoms in total. The van der Waals surface area contributed by atoms with Gasteiger partial charge in [-0.3, -0.25) is 4.79 Å². The minimum Gasteiger partial charge on any atom is -0.367 e. The van der Waals surface area contributed by atoms with Crippen molar-refractivity contribution in [2.24, 2.45) is 0 Å². The molecule has 0 aromatic rings. The second kappa shape index (κ2) is 5.21. The molecule has 0 N–H and O–H groups in total. The van der Waals surface area contributed by atoms with E-state index in [0.29, 0.717) is 16.7 Å². The second-order valence-electron chi connectivity index (χ2n) is 4.18. The molecule has 2 atom stereocenters. The number of hydrogen-bond acceptors (Lipinski definition) is 3. The summed E-state index contributed by atoms with van der Waals surface area (Å²) in [6, 6.07) is 0. The number of nitrogens with zero attached hydrogens (tertiary/aromatic N) is 1. The molecule has 0 aromatic carbocycles. The Balaban J connectivity index is 1.62. The zero-order valence-electron chi connectivity index (χ0n) is 9.28. The highest BCUT2D eigenvalue weighted by Crippen LogP contribution is 2.38. The van der Waals surface area contributed by atoms with Gasteiger partial charge in [-0.1, -0.05) is 19.8 Å². The Labute approximate surface area is 95.5 Å². The van der Waals surface area contributed by atoms with Gasteiger partial charge in [-0.15, -0.1) is 11.8 Å². The van der Waals surface area contributed by atoms with Crippen LogP contribution in [0.2, 0.25) is 0 Å². The van der Waals surface area contributed by atoms with Crippen LogP contribution in [0.25, 0.3) is 0 Å². The lowest BCUT2D eigenvalue weighted by molar-refractivity contribution is -0.142. The van der Waals surface area contributed by atoms with E-state index >= 15 is 0 Å². The van der Waals surface area contributed by atoms with Crippen LogP contribution in [0.5, 0.6) is 0 Å². The highest BCUT2D eigenvalue weighted by molar-refractivity contribution is 8.00. The van der Waals surface area contributed by atoms with Crippen molar-refractivity contribution in [3.05, 3.63) is 0 Å². The molecule has 0 bridgehead atoms. The summed E-state index contributed by atoms with van der Waals surface area (Å²) in [6.45, 7) is 3.98. The molecular formula is C11H19NO2S. The van der Waals surface area contributed by atoms with Gasteiger partial charge in [-0.25, -0.2) is 0 Å². The van der Waals surface area contributed by atoms with Gasteiger partial charge >= 0.3 is 0 Å². The summed E-state index contributed by atoms with van der Waals surface area (Å²) < 4.78 is 5.80. The third-order valence-corrected chi connectivity index (χ3v) is 4.39. The van der Waals surface area contributed by atoms with Crippen LogP contribution >= 0.6 is 11.8 Å². The van der Waals surface area contributed by atoms with Crippen molar-refractivity contribution in [1.82, 2.24) is 4.90 Å². The molecule has 0 spiro atoms. The molecule has 2 aliphatic heterocycles. The van der Waals surface area contributed by atoms with E-state index in [0.717, 1.165) is 26.0 Å². The summed E-state index contributed by atoms with van der Waals surface area (Å²) in [7, 11) is 0. The number of fused-ring (bicyclic) bond motifs is 1. The Morgan fingerprint density at radius 3 is 3.07 bits per heavy atom. The maximum atomic E-state index is 11.1. The van der Waals surface area contributed by atoms with Crippen LogP contribution in [0, 0.1) is 0 Å². The van der Waals surface area contributed by atoms with Gasteiger partial charge in [0.2, 0.25) is 5.91 Å². The van der Waals surface area contributed by atoms with Crippen LogP contribution in [-0.2, 0) is 9.53 Å². The molecule has 86 valence electrons. The van der Waals surface area contributed by atoms with Gasteiger partial charge in [-0.2, -0.15) is 0 Å². The number of ether oxygens (including phenoxy) is 1. The number of amides is 1. The first-order chi connectivity index (χ1) is 7.31. The molecule has 1 amide bonds. The van der Waals surface area contributed by atoms with Gasteiger partial charge in [0, 0.05) is 19.6 Å². The molecule has 2 saturated heterocycles. The molecule has 4 heteroatoms. The number of thioether (sulfide) groups is 1. The van der Waals surface area contributed by atoms with Gasteiger partial charge in [0.1, 0.15) is 5.44 Å². The monoisotopic (exact) mass is 229 g/mol. The molecule has 15 heavy (non-hydrogen) atoms. The Morgan fingerprint density at radius 2 is 2.40 bits per heavy atom. The molecule has 0 aliphatic carbocycles. The number of unbranched alkanes of at least 4 members (excludes halogenated alkanes) is 2. The van der Waals surface area contributed by atoms with E-state index < -0.39 is 0 Å². The molecule has 2 aliphatic rings. The van der Waals surface area contributed by atoms with Gasteiger partial charge in [0.15, 0.2) is 0 Å². The van der Waals surface area contributed by atoms with E-state index in [1.807, 2.05) is 16.7 Å². The Morgan fingerprint density at radius 1 is 1.53 bits per heavy atom. The van der Waals surface area contributed by atoms with Gasteiger partial charge in [0.05, 0.1) is 11.8 Å². The molecule has 0 aromatic heterocycles. The van der Waals surface area contributed by atoms with E-state index in [2.05, 4.69) is 6.92 Å². The number of hydrogen-bond donors (Lipinski definition) is 0. The van der Waals surface area contributed by atoms with Crippen LogP contribution < -0.4 is 0 Å². The third-order valence-electron chi connectivity index (χ3n) is 2.98. The van der Waals surface area contributed by atoms with Crippen molar-refractivity contribution in [3.63, 3.8) is 0 Å². The quantitative estimate of drug-likeness (QED) is 0.535. The zero-order valence-corrected chi connectivity index (χ0v) is 10.1.